The summed E-state index contributed by atoms with van der Waals surface area (Å²) in [4.78, 5) is 13.0. The number of aromatic nitrogens is 4. The molecule has 3 heterocycles. The molecule has 1 aromatic carbocycles. The summed E-state index contributed by atoms with van der Waals surface area (Å²) in [5, 5.41) is 22.5. The van der Waals surface area contributed by atoms with E-state index in [1.54, 1.807) is 25.1 Å². The van der Waals surface area contributed by atoms with Gasteiger partial charge in [-0.2, -0.15) is 0 Å². The van der Waals surface area contributed by atoms with Crippen LogP contribution in [0.25, 0.3) is 17.2 Å². The van der Waals surface area contributed by atoms with Crippen LogP contribution in [0.15, 0.2) is 36.9 Å². The van der Waals surface area contributed by atoms with Crippen LogP contribution in [0.4, 0.5) is 5.82 Å². The fraction of sp³-hybridized carbons (Fsp3) is 0.381. The fourth-order valence-corrected chi connectivity index (χ4v) is 3.55. The largest absolute Gasteiger partial charge is 0.493 e. The zero-order chi connectivity index (χ0) is 21.8. The molecule has 3 atom stereocenters. The molecule has 10 nitrogen and oxygen atoms in total. The predicted octanol–water partition coefficient (Wildman–Crippen LogP) is 1.61. The number of benzene rings is 1. The number of hydrogen-bond donors (Lipinski definition) is 3. The number of rotatable bonds is 8. The van der Waals surface area contributed by atoms with E-state index in [0.29, 0.717) is 41.4 Å². The van der Waals surface area contributed by atoms with E-state index in [2.05, 4.69) is 20.3 Å². The van der Waals surface area contributed by atoms with Crippen LogP contribution in [-0.4, -0.2) is 69.3 Å². The molecule has 0 saturated carbocycles. The van der Waals surface area contributed by atoms with Crippen molar-refractivity contribution < 1.29 is 24.4 Å². The van der Waals surface area contributed by atoms with Crippen LogP contribution in [0.1, 0.15) is 18.2 Å². The van der Waals surface area contributed by atoms with Gasteiger partial charge in [0, 0.05) is 13.0 Å². The van der Waals surface area contributed by atoms with Crippen molar-refractivity contribution in [2.75, 3.05) is 32.7 Å². The summed E-state index contributed by atoms with van der Waals surface area (Å²) in [5.74, 6) is 1.95. The Kier molecular flexibility index (Phi) is 6.31. The number of ether oxygens (including phenoxy) is 3. The van der Waals surface area contributed by atoms with Gasteiger partial charge in [0.05, 0.1) is 33.3 Å². The minimum atomic E-state index is -0.728. The van der Waals surface area contributed by atoms with Crippen molar-refractivity contribution in [2.45, 2.75) is 24.9 Å². The molecule has 31 heavy (non-hydrogen) atoms. The quantitative estimate of drug-likeness (QED) is 0.492. The van der Waals surface area contributed by atoms with E-state index in [4.69, 9.17) is 14.2 Å². The van der Waals surface area contributed by atoms with Crippen molar-refractivity contribution in [1.29, 1.82) is 0 Å². The Morgan fingerprint density at radius 3 is 2.81 bits per heavy atom. The highest BCUT2D eigenvalue weighted by Crippen LogP contribution is 2.31. The fourth-order valence-electron chi connectivity index (χ4n) is 3.55. The van der Waals surface area contributed by atoms with Crippen molar-refractivity contribution in [3.8, 4) is 11.5 Å². The number of fused-ring (bicyclic) bond motifs is 1. The second-order valence-corrected chi connectivity index (χ2v) is 7.06. The van der Waals surface area contributed by atoms with E-state index in [1.165, 1.54) is 6.33 Å². The molecule has 4 rings (SSSR count). The maximum atomic E-state index is 10.00. The number of nitrogens with zero attached hydrogens (tertiary/aromatic N) is 4. The molecular weight excluding hydrogens is 402 g/mol. The van der Waals surface area contributed by atoms with E-state index in [-0.39, 0.29) is 6.61 Å². The number of anilines is 1. The van der Waals surface area contributed by atoms with E-state index in [9.17, 15) is 10.2 Å². The predicted molar refractivity (Wildman–Crippen MR) is 114 cm³/mol. The zero-order valence-electron chi connectivity index (χ0n) is 17.3. The van der Waals surface area contributed by atoms with Crippen LogP contribution in [0, 0.1) is 0 Å². The van der Waals surface area contributed by atoms with Crippen LogP contribution < -0.4 is 14.8 Å². The maximum Gasteiger partial charge on any atom is 0.167 e. The van der Waals surface area contributed by atoms with E-state index >= 15 is 0 Å². The van der Waals surface area contributed by atoms with E-state index in [1.807, 2.05) is 30.4 Å². The average molecular weight is 427 g/mol. The third-order valence-corrected chi connectivity index (χ3v) is 5.16. The standard InChI is InChI=1S/C21H25N5O5/c1-29-15-6-5-13(8-16(15)30-2)4-3-7-22-20-19-21(24-11-23-20)26(12-25-19)18-9-14(28)17(10-27)31-18/h3-6,8,11-12,14,17-18,27-28H,7,9-10H2,1-2H3,(H,22,23,24)/b4-3+/t14?,17-,18-/m1/s1. The molecular formula is C21H25N5O5. The van der Waals surface area contributed by atoms with Gasteiger partial charge < -0.3 is 29.7 Å². The van der Waals surface area contributed by atoms with Gasteiger partial charge in [0.15, 0.2) is 28.5 Å². The molecule has 0 spiro atoms. The van der Waals surface area contributed by atoms with Gasteiger partial charge in [0.1, 0.15) is 18.7 Å². The summed E-state index contributed by atoms with van der Waals surface area (Å²) < 4.78 is 18.0. The molecule has 0 aliphatic carbocycles. The molecule has 164 valence electrons. The molecule has 0 bridgehead atoms. The highest BCUT2D eigenvalue weighted by atomic mass is 16.5. The Bertz CT molecular complexity index is 1070. The Hall–Kier alpha value is -3.21. The van der Waals surface area contributed by atoms with Gasteiger partial charge in [0.25, 0.3) is 0 Å². The van der Waals surface area contributed by atoms with Crippen LogP contribution in [0.2, 0.25) is 0 Å². The lowest BCUT2D eigenvalue weighted by molar-refractivity contribution is -0.0432. The number of methoxy groups -OCH3 is 2. The molecule has 1 unspecified atom stereocenters. The van der Waals surface area contributed by atoms with Gasteiger partial charge in [-0.1, -0.05) is 18.2 Å². The number of imidazole rings is 1. The first-order valence-corrected chi connectivity index (χ1v) is 9.89. The van der Waals surface area contributed by atoms with Gasteiger partial charge >= 0.3 is 0 Å². The molecule has 1 aliphatic rings. The van der Waals surface area contributed by atoms with Gasteiger partial charge in [0.2, 0.25) is 0 Å². The first-order chi connectivity index (χ1) is 15.1. The number of aliphatic hydroxyl groups is 2. The SMILES string of the molecule is COc1ccc(/C=C/CNc2ncnc3c2ncn3[C@H]2CC(O)[C@@H](CO)O2)cc1OC. The zero-order valence-corrected chi connectivity index (χ0v) is 17.3. The Morgan fingerprint density at radius 1 is 1.23 bits per heavy atom. The van der Waals surface area contributed by atoms with Crippen LogP contribution >= 0.6 is 0 Å². The first kappa shape index (κ1) is 21.0. The monoisotopic (exact) mass is 427 g/mol. The normalized spacial score (nSPS) is 21.1. The van der Waals surface area contributed by atoms with Gasteiger partial charge in [-0.25, -0.2) is 15.0 Å². The van der Waals surface area contributed by atoms with Crippen LogP contribution in [-0.2, 0) is 4.74 Å². The van der Waals surface area contributed by atoms with Crippen molar-refractivity contribution in [1.82, 2.24) is 19.5 Å². The molecule has 1 aliphatic heterocycles. The molecule has 3 N–H and O–H groups in total. The molecule has 0 amide bonds. The number of nitrogens with one attached hydrogen (secondary N) is 1. The first-order valence-electron chi connectivity index (χ1n) is 9.89. The molecule has 1 fully saturated rings. The highest BCUT2D eigenvalue weighted by Gasteiger charge is 2.35. The van der Waals surface area contributed by atoms with Crippen molar-refractivity contribution in [2.24, 2.45) is 0 Å². The topological polar surface area (TPSA) is 124 Å². The minimum absolute atomic E-state index is 0.238. The molecule has 0 radical (unpaired) electrons. The lowest BCUT2D eigenvalue weighted by atomic mass is 10.2. The lowest BCUT2D eigenvalue weighted by Gasteiger charge is -2.13. The number of hydrogen-bond acceptors (Lipinski definition) is 9. The van der Waals surface area contributed by atoms with E-state index < -0.39 is 18.4 Å². The van der Waals surface area contributed by atoms with Crippen LogP contribution in [0.3, 0.4) is 0 Å². The Morgan fingerprint density at radius 2 is 2.06 bits per heavy atom. The van der Waals surface area contributed by atoms with Crippen molar-refractivity contribution in [3.63, 3.8) is 0 Å². The molecule has 2 aromatic heterocycles. The second kappa shape index (κ2) is 9.29. The third kappa shape index (κ3) is 4.31. The molecule has 10 heteroatoms. The van der Waals surface area contributed by atoms with Gasteiger partial charge in [-0.05, 0) is 17.7 Å². The van der Waals surface area contributed by atoms with Crippen molar-refractivity contribution >= 4 is 23.1 Å². The Balaban J connectivity index is 1.45. The van der Waals surface area contributed by atoms with Crippen LogP contribution in [0.5, 0.6) is 11.5 Å². The second-order valence-electron chi connectivity index (χ2n) is 7.06. The van der Waals surface area contributed by atoms with E-state index in [0.717, 1.165) is 5.56 Å². The summed E-state index contributed by atoms with van der Waals surface area (Å²) in [6.07, 6.45) is 5.58. The Labute approximate surface area is 179 Å². The molecule has 1 saturated heterocycles. The minimum Gasteiger partial charge on any atom is -0.493 e. The summed E-state index contributed by atoms with van der Waals surface area (Å²) >= 11 is 0. The van der Waals surface area contributed by atoms with Crippen molar-refractivity contribution in [3.05, 3.63) is 42.5 Å². The highest BCUT2D eigenvalue weighted by molar-refractivity contribution is 5.82. The van der Waals surface area contributed by atoms with Gasteiger partial charge in [-0.15, -0.1) is 0 Å². The summed E-state index contributed by atoms with van der Waals surface area (Å²) in [5.41, 5.74) is 2.18. The summed E-state index contributed by atoms with van der Waals surface area (Å²) in [6, 6.07) is 5.70. The summed E-state index contributed by atoms with van der Waals surface area (Å²) in [6.45, 7) is 0.289. The summed E-state index contributed by atoms with van der Waals surface area (Å²) in [7, 11) is 3.21. The smallest absolute Gasteiger partial charge is 0.167 e. The van der Waals surface area contributed by atoms with Gasteiger partial charge in [-0.3, -0.25) is 4.57 Å². The maximum absolute atomic E-state index is 10.00. The lowest BCUT2D eigenvalue weighted by Crippen LogP contribution is -2.24. The third-order valence-electron chi connectivity index (χ3n) is 5.16. The number of aliphatic hydroxyl groups excluding tert-OH is 2. The molecule has 3 aromatic rings. The average Bonchev–Trinajstić information content (AvgIpc) is 3.39.